The number of aromatic nitrogens is 3. The molecule has 0 N–H and O–H groups in total. The number of rotatable bonds is 0. The van der Waals surface area contributed by atoms with Gasteiger partial charge in [0, 0.05) is 12.8 Å². The highest BCUT2D eigenvalue weighted by Crippen LogP contribution is 2.13. The van der Waals surface area contributed by atoms with Crippen molar-refractivity contribution in [3.8, 4) is 0 Å². The standard InChI is InChI=1S/C6H7BrN4/c1-4-8-9-6-3-2-5(7)10-11(4)6/h2-3H2,1H3. The third kappa shape index (κ3) is 1.09. The Morgan fingerprint density at radius 3 is 3.00 bits per heavy atom. The smallest absolute Gasteiger partial charge is 0.155 e. The van der Waals surface area contributed by atoms with Crippen LogP contribution in [0.2, 0.25) is 0 Å². The van der Waals surface area contributed by atoms with E-state index in [1.807, 2.05) is 6.92 Å². The summed E-state index contributed by atoms with van der Waals surface area (Å²) in [6.45, 7) is 1.89. The Morgan fingerprint density at radius 2 is 2.18 bits per heavy atom. The number of nitrogens with zero attached hydrogens (tertiary/aromatic N) is 4. The van der Waals surface area contributed by atoms with Crippen LogP contribution in [-0.4, -0.2) is 19.5 Å². The molecule has 2 rings (SSSR count). The number of fused-ring (bicyclic) bond motifs is 1. The molecular formula is C6H7BrN4. The molecule has 1 aromatic rings. The highest BCUT2D eigenvalue weighted by atomic mass is 79.9. The van der Waals surface area contributed by atoms with Crippen LogP contribution in [0.1, 0.15) is 18.1 Å². The number of hydrogen-bond donors (Lipinski definition) is 0. The Kier molecular flexibility index (Phi) is 1.52. The average molecular weight is 215 g/mol. The molecular weight excluding hydrogens is 208 g/mol. The highest BCUT2D eigenvalue weighted by molar-refractivity contribution is 9.18. The van der Waals surface area contributed by atoms with Crippen LogP contribution in [-0.2, 0) is 6.42 Å². The normalized spacial score (nSPS) is 16.0. The lowest BCUT2D eigenvalue weighted by Gasteiger charge is -2.07. The molecule has 0 spiro atoms. The van der Waals surface area contributed by atoms with Gasteiger partial charge in [0.05, 0.1) is 0 Å². The molecule has 11 heavy (non-hydrogen) atoms. The summed E-state index contributed by atoms with van der Waals surface area (Å²) >= 11 is 3.35. The van der Waals surface area contributed by atoms with Crippen LogP contribution in [0.4, 0.5) is 0 Å². The number of hydrogen-bond acceptors (Lipinski definition) is 3. The van der Waals surface area contributed by atoms with E-state index in [-0.39, 0.29) is 0 Å². The largest absolute Gasteiger partial charge is 0.201 e. The fourth-order valence-corrected chi connectivity index (χ4v) is 1.42. The minimum Gasteiger partial charge on any atom is -0.201 e. The van der Waals surface area contributed by atoms with Gasteiger partial charge < -0.3 is 0 Å². The second-order valence-electron chi connectivity index (χ2n) is 2.45. The third-order valence-electron chi connectivity index (χ3n) is 1.62. The van der Waals surface area contributed by atoms with Gasteiger partial charge in [-0.3, -0.25) is 0 Å². The van der Waals surface area contributed by atoms with Crippen molar-refractivity contribution < 1.29 is 0 Å². The molecule has 0 saturated heterocycles. The molecule has 5 heteroatoms. The Balaban J connectivity index is 2.55. The Morgan fingerprint density at radius 1 is 1.36 bits per heavy atom. The van der Waals surface area contributed by atoms with Crippen molar-refractivity contribution in [1.82, 2.24) is 14.9 Å². The third-order valence-corrected chi connectivity index (χ3v) is 2.18. The molecule has 0 saturated carbocycles. The van der Waals surface area contributed by atoms with Crippen molar-refractivity contribution in [2.24, 2.45) is 5.10 Å². The molecule has 1 aromatic heterocycles. The zero-order chi connectivity index (χ0) is 7.84. The second-order valence-corrected chi connectivity index (χ2v) is 3.37. The van der Waals surface area contributed by atoms with Gasteiger partial charge >= 0.3 is 0 Å². The summed E-state index contributed by atoms with van der Waals surface area (Å²) in [7, 11) is 0. The molecule has 2 heterocycles. The summed E-state index contributed by atoms with van der Waals surface area (Å²) in [5.41, 5.74) is 0. The van der Waals surface area contributed by atoms with Crippen LogP contribution in [0.25, 0.3) is 0 Å². The predicted octanol–water partition coefficient (Wildman–Crippen LogP) is 1.09. The average Bonchev–Trinajstić information content (AvgIpc) is 2.33. The molecule has 0 aliphatic carbocycles. The molecule has 0 amide bonds. The van der Waals surface area contributed by atoms with Crippen molar-refractivity contribution in [3.05, 3.63) is 11.6 Å². The lowest BCUT2D eigenvalue weighted by atomic mass is 10.3. The minimum absolute atomic E-state index is 0.844. The summed E-state index contributed by atoms with van der Waals surface area (Å²) in [4.78, 5) is 0. The molecule has 4 nitrogen and oxygen atoms in total. The summed E-state index contributed by atoms with van der Waals surface area (Å²) in [5, 5.41) is 12.1. The summed E-state index contributed by atoms with van der Waals surface area (Å²) in [5.74, 6) is 1.79. The summed E-state index contributed by atoms with van der Waals surface area (Å²) in [6, 6.07) is 0. The van der Waals surface area contributed by atoms with Gasteiger partial charge in [-0.2, -0.15) is 5.10 Å². The van der Waals surface area contributed by atoms with Crippen molar-refractivity contribution in [3.63, 3.8) is 0 Å². The van der Waals surface area contributed by atoms with Crippen LogP contribution in [0, 0.1) is 6.92 Å². The Bertz CT molecular complexity index is 314. The lowest BCUT2D eigenvalue weighted by molar-refractivity contribution is 0.721. The first-order chi connectivity index (χ1) is 5.27. The van der Waals surface area contributed by atoms with Gasteiger partial charge in [-0.15, -0.1) is 10.2 Å². The number of halogens is 1. The van der Waals surface area contributed by atoms with E-state index in [0.29, 0.717) is 0 Å². The fraction of sp³-hybridized carbons (Fsp3) is 0.500. The monoisotopic (exact) mass is 214 g/mol. The topological polar surface area (TPSA) is 43.1 Å². The lowest BCUT2D eigenvalue weighted by Crippen LogP contribution is -2.09. The van der Waals surface area contributed by atoms with Gasteiger partial charge in [0.25, 0.3) is 0 Å². The van der Waals surface area contributed by atoms with E-state index in [4.69, 9.17) is 0 Å². The molecule has 0 radical (unpaired) electrons. The maximum Gasteiger partial charge on any atom is 0.155 e. The van der Waals surface area contributed by atoms with E-state index in [1.165, 1.54) is 0 Å². The van der Waals surface area contributed by atoms with E-state index >= 15 is 0 Å². The first-order valence-corrected chi connectivity index (χ1v) is 4.21. The fourth-order valence-electron chi connectivity index (χ4n) is 1.06. The minimum atomic E-state index is 0.844. The van der Waals surface area contributed by atoms with Crippen LogP contribution in [0.5, 0.6) is 0 Å². The van der Waals surface area contributed by atoms with Crippen molar-refractivity contribution >= 4 is 20.6 Å². The van der Waals surface area contributed by atoms with E-state index < -0.39 is 0 Å². The van der Waals surface area contributed by atoms with E-state index in [0.717, 1.165) is 29.1 Å². The van der Waals surface area contributed by atoms with Gasteiger partial charge in [-0.05, 0) is 22.9 Å². The maximum atomic E-state index is 4.23. The van der Waals surface area contributed by atoms with Crippen molar-refractivity contribution in [2.75, 3.05) is 0 Å². The maximum absolute atomic E-state index is 4.23. The highest BCUT2D eigenvalue weighted by Gasteiger charge is 2.13. The van der Waals surface area contributed by atoms with Gasteiger partial charge in [-0.25, -0.2) is 4.68 Å². The molecule has 1 aliphatic rings. The van der Waals surface area contributed by atoms with Gasteiger partial charge in [-0.1, -0.05) is 0 Å². The Labute approximate surface area is 72.4 Å². The Hall–Kier alpha value is -0.710. The summed E-state index contributed by atoms with van der Waals surface area (Å²) < 4.78 is 2.74. The zero-order valence-electron chi connectivity index (χ0n) is 6.08. The van der Waals surface area contributed by atoms with Crippen LogP contribution < -0.4 is 0 Å². The van der Waals surface area contributed by atoms with Crippen LogP contribution in [0.3, 0.4) is 0 Å². The van der Waals surface area contributed by atoms with Gasteiger partial charge in [0.1, 0.15) is 4.62 Å². The van der Waals surface area contributed by atoms with E-state index in [1.54, 1.807) is 4.68 Å². The van der Waals surface area contributed by atoms with Crippen molar-refractivity contribution in [2.45, 2.75) is 19.8 Å². The van der Waals surface area contributed by atoms with Crippen LogP contribution in [0.15, 0.2) is 5.10 Å². The van der Waals surface area contributed by atoms with E-state index in [9.17, 15) is 0 Å². The molecule has 0 bridgehead atoms. The van der Waals surface area contributed by atoms with Gasteiger partial charge in [0.2, 0.25) is 0 Å². The quantitative estimate of drug-likeness (QED) is 0.650. The molecule has 58 valence electrons. The molecule has 0 atom stereocenters. The number of aryl methyl sites for hydroxylation is 2. The van der Waals surface area contributed by atoms with E-state index in [2.05, 4.69) is 31.2 Å². The first-order valence-electron chi connectivity index (χ1n) is 3.41. The second kappa shape index (κ2) is 2.41. The van der Waals surface area contributed by atoms with Crippen molar-refractivity contribution in [1.29, 1.82) is 0 Å². The molecule has 1 aliphatic heterocycles. The van der Waals surface area contributed by atoms with Gasteiger partial charge in [0.15, 0.2) is 11.6 Å². The summed E-state index contributed by atoms with van der Waals surface area (Å²) in [6.07, 6.45) is 1.85. The van der Waals surface area contributed by atoms with Crippen LogP contribution >= 0.6 is 15.9 Å². The zero-order valence-corrected chi connectivity index (χ0v) is 7.67. The molecule has 0 fully saturated rings. The predicted molar refractivity (Wildman–Crippen MR) is 44.8 cm³/mol. The molecule has 0 unspecified atom stereocenters. The molecule has 0 aromatic carbocycles. The SMILES string of the molecule is Cc1nnc2n1N=C(Br)CC2. The first kappa shape index (κ1) is 6.97.